The highest BCUT2D eigenvalue weighted by Crippen LogP contribution is 2.25. The fourth-order valence-corrected chi connectivity index (χ4v) is 4.32. The SMILES string of the molecule is COCCNC(=O)[C@@H]1CCCN(C2CCN(Cc3cc(F)ccc3F)CC2)C1. The van der Waals surface area contributed by atoms with Crippen LogP contribution in [0.5, 0.6) is 0 Å². The van der Waals surface area contributed by atoms with Gasteiger partial charge < -0.3 is 10.1 Å². The molecule has 28 heavy (non-hydrogen) atoms. The van der Waals surface area contributed by atoms with Crippen molar-refractivity contribution < 1.29 is 18.3 Å². The summed E-state index contributed by atoms with van der Waals surface area (Å²) < 4.78 is 32.2. The molecule has 1 atom stereocenters. The largest absolute Gasteiger partial charge is 0.383 e. The Labute approximate surface area is 166 Å². The van der Waals surface area contributed by atoms with Gasteiger partial charge in [-0.2, -0.15) is 0 Å². The van der Waals surface area contributed by atoms with Crippen LogP contribution in [0.4, 0.5) is 8.78 Å². The molecule has 2 aliphatic rings. The molecule has 7 heteroatoms. The summed E-state index contributed by atoms with van der Waals surface area (Å²) >= 11 is 0. The van der Waals surface area contributed by atoms with Gasteiger partial charge in [-0.15, -0.1) is 0 Å². The lowest BCUT2D eigenvalue weighted by molar-refractivity contribution is -0.127. The Balaban J connectivity index is 1.46. The average molecular weight is 395 g/mol. The number of carbonyl (C=O) groups is 1. The summed E-state index contributed by atoms with van der Waals surface area (Å²) in [4.78, 5) is 17.0. The van der Waals surface area contributed by atoms with Crippen LogP contribution in [-0.4, -0.2) is 68.2 Å². The summed E-state index contributed by atoms with van der Waals surface area (Å²) in [6.07, 6.45) is 3.97. The predicted molar refractivity (Wildman–Crippen MR) is 104 cm³/mol. The van der Waals surface area contributed by atoms with E-state index in [1.807, 2.05) is 0 Å². The second kappa shape index (κ2) is 10.3. The first kappa shape index (κ1) is 21.1. The third-order valence-electron chi connectivity index (χ3n) is 5.90. The topological polar surface area (TPSA) is 44.8 Å². The Morgan fingerprint density at radius 3 is 2.75 bits per heavy atom. The fraction of sp³-hybridized carbons (Fsp3) is 0.667. The minimum Gasteiger partial charge on any atom is -0.383 e. The standard InChI is InChI=1S/C21H31F2N3O2/c1-28-12-8-24-21(27)16-3-2-9-26(15-16)19-6-10-25(11-7-19)14-17-13-18(22)4-5-20(17)23/h4-5,13,16,19H,2-3,6-12,14-15H2,1H3,(H,24,27)/t16-/m1/s1. The minimum atomic E-state index is -0.394. The highest BCUT2D eigenvalue weighted by atomic mass is 19.1. The van der Waals surface area contributed by atoms with Crippen LogP contribution in [-0.2, 0) is 16.1 Å². The summed E-state index contributed by atoms with van der Waals surface area (Å²) in [5.74, 6) is -0.568. The van der Waals surface area contributed by atoms with Crippen molar-refractivity contribution in [1.29, 1.82) is 0 Å². The lowest BCUT2D eigenvalue weighted by Crippen LogP contribution is -2.50. The monoisotopic (exact) mass is 395 g/mol. The number of carbonyl (C=O) groups excluding carboxylic acids is 1. The molecule has 2 aliphatic heterocycles. The van der Waals surface area contributed by atoms with Gasteiger partial charge in [0.25, 0.3) is 0 Å². The first-order valence-electron chi connectivity index (χ1n) is 10.2. The van der Waals surface area contributed by atoms with Gasteiger partial charge in [0, 0.05) is 38.3 Å². The summed E-state index contributed by atoms with van der Waals surface area (Å²) in [6.45, 7) is 5.10. The van der Waals surface area contributed by atoms with E-state index in [2.05, 4.69) is 15.1 Å². The molecule has 156 valence electrons. The van der Waals surface area contributed by atoms with Crippen LogP contribution >= 0.6 is 0 Å². The molecule has 1 aromatic rings. The molecule has 0 bridgehead atoms. The Morgan fingerprint density at radius 2 is 2.00 bits per heavy atom. The molecule has 0 saturated carbocycles. The van der Waals surface area contributed by atoms with Gasteiger partial charge in [-0.25, -0.2) is 8.78 Å². The number of nitrogens with one attached hydrogen (secondary N) is 1. The summed E-state index contributed by atoms with van der Waals surface area (Å²) in [6, 6.07) is 4.11. The number of nitrogens with zero attached hydrogens (tertiary/aromatic N) is 2. The second-order valence-corrected chi connectivity index (χ2v) is 7.86. The molecule has 0 aromatic heterocycles. The van der Waals surface area contributed by atoms with Crippen LogP contribution in [0.3, 0.4) is 0 Å². The number of hydrogen-bond donors (Lipinski definition) is 1. The lowest BCUT2D eigenvalue weighted by atomic mass is 9.93. The molecule has 3 rings (SSSR count). The zero-order valence-electron chi connectivity index (χ0n) is 16.6. The molecule has 1 amide bonds. The number of amides is 1. The highest BCUT2D eigenvalue weighted by molar-refractivity contribution is 5.78. The van der Waals surface area contributed by atoms with Crippen LogP contribution < -0.4 is 5.32 Å². The lowest BCUT2D eigenvalue weighted by Gasteiger charge is -2.42. The molecule has 5 nitrogen and oxygen atoms in total. The van der Waals surface area contributed by atoms with E-state index in [0.29, 0.717) is 31.3 Å². The summed E-state index contributed by atoms with van der Waals surface area (Å²) in [7, 11) is 1.63. The van der Waals surface area contributed by atoms with Gasteiger partial charge >= 0.3 is 0 Å². The molecule has 0 unspecified atom stereocenters. The van der Waals surface area contributed by atoms with E-state index in [1.165, 1.54) is 12.1 Å². The number of methoxy groups -OCH3 is 1. The van der Waals surface area contributed by atoms with Gasteiger partial charge in [0.15, 0.2) is 0 Å². The summed E-state index contributed by atoms with van der Waals surface area (Å²) in [5, 5.41) is 2.96. The molecule has 2 heterocycles. The molecule has 2 fully saturated rings. The van der Waals surface area contributed by atoms with Gasteiger partial charge in [0.05, 0.1) is 12.5 Å². The van der Waals surface area contributed by atoms with Crippen molar-refractivity contribution in [2.75, 3.05) is 46.4 Å². The molecule has 0 radical (unpaired) electrons. The van der Waals surface area contributed by atoms with Crippen molar-refractivity contribution >= 4 is 5.91 Å². The Morgan fingerprint density at radius 1 is 1.21 bits per heavy atom. The van der Waals surface area contributed by atoms with Crippen molar-refractivity contribution in [3.63, 3.8) is 0 Å². The van der Waals surface area contributed by atoms with E-state index < -0.39 is 5.82 Å². The molecular weight excluding hydrogens is 364 g/mol. The zero-order valence-corrected chi connectivity index (χ0v) is 16.6. The van der Waals surface area contributed by atoms with Gasteiger partial charge in [-0.3, -0.25) is 14.6 Å². The molecule has 0 spiro atoms. The Bertz CT molecular complexity index is 651. The highest BCUT2D eigenvalue weighted by Gasteiger charge is 2.31. The zero-order chi connectivity index (χ0) is 19.9. The van der Waals surface area contributed by atoms with E-state index in [0.717, 1.165) is 57.9 Å². The maximum Gasteiger partial charge on any atom is 0.224 e. The van der Waals surface area contributed by atoms with E-state index in [-0.39, 0.29) is 17.6 Å². The van der Waals surface area contributed by atoms with Crippen LogP contribution in [0, 0.1) is 17.6 Å². The smallest absolute Gasteiger partial charge is 0.224 e. The number of halogens is 2. The molecule has 0 aliphatic carbocycles. The van der Waals surface area contributed by atoms with E-state index in [4.69, 9.17) is 4.74 Å². The van der Waals surface area contributed by atoms with E-state index in [1.54, 1.807) is 7.11 Å². The first-order chi connectivity index (χ1) is 13.6. The second-order valence-electron chi connectivity index (χ2n) is 7.86. The number of ether oxygens (including phenoxy) is 1. The third kappa shape index (κ3) is 5.72. The van der Waals surface area contributed by atoms with Crippen molar-refractivity contribution in [2.24, 2.45) is 5.92 Å². The van der Waals surface area contributed by atoms with Gasteiger partial charge in [0.2, 0.25) is 5.91 Å². The average Bonchev–Trinajstić information content (AvgIpc) is 2.71. The Kier molecular flexibility index (Phi) is 7.76. The number of hydrogen-bond acceptors (Lipinski definition) is 4. The summed E-state index contributed by atoms with van der Waals surface area (Å²) in [5.41, 5.74) is 0.421. The molecular formula is C21H31F2N3O2. The Hall–Kier alpha value is -1.57. The fourth-order valence-electron chi connectivity index (χ4n) is 4.32. The van der Waals surface area contributed by atoms with Gasteiger partial charge in [0.1, 0.15) is 11.6 Å². The number of piperidine rings is 2. The maximum atomic E-state index is 13.9. The number of rotatable bonds is 7. The minimum absolute atomic E-state index is 0.0463. The van der Waals surface area contributed by atoms with E-state index >= 15 is 0 Å². The van der Waals surface area contributed by atoms with Crippen molar-refractivity contribution in [1.82, 2.24) is 15.1 Å². The van der Waals surface area contributed by atoms with E-state index in [9.17, 15) is 13.6 Å². The van der Waals surface area contributed by atoms with Crippen LogP contribution in [0.25, 0.3) is 0 Å². The maximum absolute atomic E-state index is 13.9. The van der Waals surface area contributed by atoms with Crippen LogP contribution in [0.2, 0.25) is 0 Å². The molecule has 1 N–H and O–H groups in total. The van der Waals surface area contributed by atoms with Crippen molar-refractivity contribution in [3.05, 3.63) is 35.4 Å². The molecule has 1 aromatic carbocycles. The quantitative estimate of drug-likeness (QED) is 0.720. The number of benzene rings is 1. The molecule has 2 saturated heterocycles. The van der Waals surface area contributed by atoms with Gasteiger partial charge in [-0.05, 0) is 63.5 Å². The third-order valence-corrected chi connectivity index (χ3v) is 5.90. The van der Waals surface area contributed by atoms with Crippen LogP contribution in [0.15, 0.2) is 18.2 Å². The van der Waals surface area contributed by atoms with Gasteiger partial charge in [-0.1, -0.05) is 0 Å². The van der Waals surface area contributed by atoms with Crippen LogP contribution in [0.1, 0.15) is 31.2 Å². The first-order valence-corrected chi connectivity index (χ1v) is 10.2. The number of likely N-dealkylation sites (tertiary alicyclic amines) is 2. The normalized spacial score (nSPS) is 22.3. The predicted octanol–water partition coefficient (Wildman–Crippen LogP) is 2.40. The van der Waals surface area contributed by atoms with Crippen molar-refractivity contribution in [3.8, 4) is 0 Å². The van der Waals surface area contributed by atoms with Crippen molar-refractivity contribution in [2.45, 2.75) is 38.3 Å².